The molecule has 0 aliphatic carbocycles. The molecule has 0 spiro atoms. The molecule has 0 radical (unpaired) electrons. The highest BCUT2D eigenvalue weighted by Gasteiger charge is 2.21. The first-order chi connectivity index (χ1) is 6.09. The van der Waals surface area contributed by atoms with Gasteiger partial charge in [-0.2, -0.15) is 0 Å². The Kier molecular flexibility index (Phi) is 4.20. The van der Waals surface area contributed by atoms with Crippen LogP contribution in [0.4, 0.5) is 0 Å². The van der Waals surface area contributed by atoms with Crippen molar-refractivity contribution in [1.29, 1.82) is 0 Å². The van der Waals surface area contributed by atoms with Crippen molar-refractivity contribution in [2.45, 2.75) is 52.2 Å². The van der Waals surface area contributed by atoms with Gasteiger partial charge in [0, 0.05) is 12.6 Å². The van der Waals surface area contributed by atoms with E-state index in [1.807, 2.05) is 0 Å². The smallest absolute Gasteiger partial charge is 0.0667 e. The van der Waals surface area contributed by atoms with Crippen LogP contribution < -0.4 is 0 Å². The number of rotatable bonds is 3. The zero-order valence-corrected chi connectivity index (χ0v) is 9.16. The van der Waals surface area contributed by atoms with E-state index in [-0.39, 0.29) is 6.10 Å². The molecule has 2 heteroatoms. The first kappa shape index (κ1) is 11.0. The van der Waals surface area contributed by atoms with E-state index in [4.69, 9.17) is 0 Å². The summed E-state index contributed by atoms with van der Waals surface area (Å²) >= 11 is 0. The van der Waals surface area contributed by atoms with Crippen molar-refractivity contribution in [2.24, 2.45) is 5.92 Å². The average Bonchev–Trinajstić information content (AvgIpc) is 2.03. The van der Waals surface area contributed by atoms with Gasteiger partial charge in [-0.05, 0) is 38.6 Å². The minimum absolute atomic E-state index is 0.0802. The largest absolute Gasteiger partial charge is 0.392 e. The van der Waals surface area contributed by atoms with Gasteiger partial charge in [-0.15, -0.1) is 0 Å². The summed E-state index contributed by atoms with van der Waals surface area (Å²) in [7, 11) is 0. The summed E-state index contributed by atoms with van der Waals surface area (Å²) in [6.45, 7) is 8.85. The summed E-state index contributed by atoms with van der Waals surface area (Å²) in [4.78, 5) is 2.42. The second-order valence-corrected chi connectivity index (χ2v) is 4.77. The van der Waals surface area contributed by atoms with Crippen molar-refractivity contribution in [3.05, 3.63) is 0 Å². The van der Waals surface area contributed by atoms with Crippen LogP contribution in [0, 0.1) is 5.92 Å². The van der Waals surface area contributed by atoms with Crippen LogP contribution in [0.25, 0.3) is 0 Å². The summed E-state index contributed by atoms with van der Waals surface area (Å²) in [6, 6.07) is 0.634. The molecule has 1 saturated heterocycles. The zero-order valence-electron chi connectivity index (χ0n) is 9.16. The van der Waals surface area contributed by atoms with Gasteiger partial charge >= 0.3 is 0 Å². The lowest BCUT2D eigenvalue weighted by Gasteiger charge is -2.35. The fourth-order valence-corrected chi connectivity index (χ4v) is 2.21. The van der Waals surface area contributed by atoms with Crippen LogP contribution in [0.3, 0.4) is 0 Å². The van der Waals surface area contributed by atoms with Crippen molar-refractivity contribution in [3.63, 3.8) is 0 Å². The monoisotopic (exact) mass is 185 g/mol. The minimum atomic E-state index is -0.0802. The Bertz CT molecular complexity index is 147. The molecule has 0 bridgehead atoms. The second-order valence-electron chi connectivity index (χ2n) is 4.77. The highest BCUT2D eigenvalue weighted by Crippen LogP contribution is 2.17. The predicted molar refractivity (Wildman–Crippen MR) is 55.7 cm³/mol. The fourth-order valence-electron chi connectivity index (χ4n) is 2.21. The highest BCUT2D eigenvalue weighted by molar-refractivity contribution is 4.76. The van der Waals surface area contributed by atoms with Gasteiger partial charge in [-0.25, -0.2) is 0 Å². The average molecular weight is 185 g/mol. The molecule has 1 rings (SSSR count). The van der Waals surface area contributed by atoms with Crippen molar-refractivity contribution >= 4 is 0 Å². The zero-order chi connectivity index (χ0) is 9.84. The van der Waals surface area contributed by atoms with Gasteiger partial charge in [0.15, 0.2) is 0 Å². The molecule has 1 N–H and O–H groups in total. The summed E-state index contributed by atoms with van der Waals surface area (Å²) in [5.74, 6) is 0.758. The van der Waals surface area contributed by atoms with Gasteiger partial charge in [0.25, 0.3) is 0 Å². The van der Waals surface area contributed by atoms with Crippen molar-refractivity contribution in [2.75, 3.05) is 13.1 Å². The van der Waals surface area contributed by atoms with Crippen molar-refractivity contribution in [3.8, 4) is 0 Å². The lowest BCUT2D eigenvalue weighted by atomic mass is 10.0. The van der Waals surface area contributed by atoms with Gasteiger partial charge in [0.05, 0.1) is 6.10 Å². The van der Waals surface area contributed by atoms with E-state index in [0.717, 1.165) is 25.3 Å². The van der Waals surface area contributed by atoms with Crippen LogP contribution in [-0.2, 0) is 0 Å². The maximum Gasteiger partial charge on any atom is 0.0667 e. The lowest BCUT2D eigenvalue weighted by molar-refractivity contribution is 0.0456. The minimum Gasteiger partial charge on any atom is -0.392 e. The fraction of sp³-hybridized carbons (Fsp3) is 1.00. The van der Waals surface area contributed by atoms with E-state index in [2.05, 4.69) is 25.7 Å². The normalized spacial score (nSPS) is 27.9. The maximum absolute atomic E-state index is 9.52. The van der Waals surface area contributed by atoms with Crippen LogP contribution in [0.2, 0.25) is 0 Å². The Morgan fingerprint density at radius 1 is 1.38 bits per heavy atom. The molecule has 13 heavy (non-hydrogen) atoms. The second kappa shape index (κ2) is 4.97. The maximum atomic E-state index is 9.52. The third-order valence-corrected chi connectivity index (χ3v) is 2.86. The van der Waals surface area contributed by atoms with E-state index in [0.29, 0.717) is 6.04 Å². The van der Waals surface area contributed by atoms with E-state index >= 15 is 0 Å². The molecule has 0 amide bonds. The number of hydrogen-bond donors (Lipinski definition) is 1. The summed E-state index contributed by atoms with van der Waals surface area (Å²) in [6.07, 6.45) is 3.31. The van der Waals surface area contributed by atoms with Gasteiger partial charge in [0.2, 0.25) is 0 Å². The molecular weight excluding hydrogens is 162 g/mol. The first-order valence-corrected chi connectivity index (χ1v) is 5.51. The molecule has 2 atom stereocenters. The molecule has 1 heterocycles. The molecule has 0 aromatic rings. The van der Waals surface area contributed by atoms with Crippen LogP contribution in [-0.4, -0.2) is 35.2 Å². The number of likely N-dealkylation sites (tertiary alicyclic amines) is 1. The van der Waals surface area contributed by atoms with Gasteiger partial charge in [0.1, 0.15) is 0 Å². The van der Waals surface area contributed by atoms with Crippen molar-refractivity contribution < 1.29 is 5.11 Å². The molecular formula is C11H23NO. The Balaban J connectivity index is 2.32. The SMILES string of the molecule is CC(C)CC(C)N1CCCC(O)C1. The Morgan fingerprint density at radius 2 is 2.08 bits per heavy atom. The molecule has 1 aliphatic rings. The third-order valence-electron chi connectivity index (χ3n) is 2.86. The topological polar surface area (TPSA) is 23.5 Å². The molecule has 0 saturated carbocycles. The van der Waals surface area contributed by atoms with E-state index in [1.165, 1.54) is 13.0 Å². The summed E-state index contributed by atoms with van der Waals surface area (Å²) in [5, 5.41) is 9.52. The number of aliphatic hydroxyl groups is 1. The van der Waals surface area contributed by atoms with Gasteiger partial charge in [-0.1, -0.05) is 13.8 Å². The van der Waals surface area contributed by atoms with Crippen LogP contribution >= 0.6 is 0 Å². The standard InChI is InChI=1S/C11H23NO/c1-9(2)7-10(3)12-6-4-5-11(13)8-12/h9-11,13H,4-8H2,1-3H3. The first-order valence-electron chi connectivity index (χ1n) is 5.51. The van der Waals surface area contributed by atoms with Gasteiger partial charge in [-0.3, -0.25) is 4.90 Å². The van der Waals surface area contributed by atoms with Crippen LogP contribution in [0.1, 0.15) is 40.0 Å². The van der Waals surface area contributed by atoms with Gasteiger partial charge < -0.3 is 5.11 Å². The van der Waals surface area contributed by atoms with Crippen LogP contribution in [0.5, 0.6) is 0 Å². The molecule has 0 aromatic carbocycles. The summed E-state index contributed by atoms with van der Waals surface area (Å²) < 4.78 is 0. The Labute approximate surface area is 81.9 Å². The predicted octanol–water partition coefficient (Wildman–Crippen LogP) is 1.88. The highest BCUT2D eigenvalue weighted by atomic mass is 16.3. The number of piperidine rings is 1. The number of hydrogen-bond acceptors (Lipinski definition) is 2. The lowest BCUT2D eigenvalue weighted by Crippen LogP contribution is -2.43. The third kappa shape index (κ3) is 3.65. The molecule has 1 fully saturated rings. The van der Waals surface area contributed by atoms with E-state index in [1.54, 1.807) is 0 Å². The summed E-state index contributed by atoms with van der Waals surface area (Å²) in [5.41, 5.74) is 0. The number of nitrogens with zero attached hydrogens (tertiary/aromatic N) is 1. The van der Waals surface area contributed by atoms with Crippen molar-refractivity contribution in [1.82, 2.24) is 4.90 Å². The van der Waals surface area contributed by atoms with E-state index < -0.39 is 0 Å². The molecule has 78 valence electrons. The molecule has 0 aromatic heterocycles. The molecule has 2 unspecified atom stereocenters. The molecule has 2 nitrogen and oxygen atoms in total. The van der Waals surface area contributed by atoms with E-state index in [9.17, 15) is 5.11 Å². The number of β-amino-alcohol motifs (C(OH)–C–C–N with tert-alkyl or cyclic N) is 1. The Hall–Kier alpha value is -0.0800. The molecule has 1 aliphatic heterocycles. The quantitative estimate of drug-likeness (QED) is 0.725. The van der Waals surface area contributed by atoms with Crippen LogP contribution in [0.15, 0.2) is 0 Å². The Morgan fingerprint density at radius 3 is 2.62 bits per heavy atom. The number of aliphatic hydroxyl groups excluding tert-OH is 1.